The third kappa shape index (κ3) is 5.68. The third-order valence-corrected chi connectivity index (χ3v) is 5.73. The van der Waals surface area contributed by atoms with Gasteiger partial charge in [0.05, 0.1) is 13.2 Å². The second kappa shape index (κ2) is 10.2. The van der Waals surface area contributed by atoms with E-state index < -0.39 is 23.4 Å². The van der Waals surface area contributed by atoms with Crippen molar-refractivity contribution in [1.29, 1.82) is 0 Å². The number of ether oxygens (including phenoxy) is 2. The van der Waals surface area contributed by atoms with Gasteiger partial charge in [-0.25, -0.2) is 4.79 Å². The minimum Gasteiger partial charge on any atom is -0.494 e. The molecule has 1 aliphatic heterocycles. The van der Waals surface area contributed by atoms with Gasteiger partial charge in [-0.1, -0.05) is 45.0 Å². The molecule has 0 spiro atoms. The first-order valence-electron chi connectivity index (χ1n) is 11.4. The molecule has 1 unspecified atom stereocenters. The van der Waals surface area contributed by atoms with Crippen LogP contribution in [0.15, 0.2) is 48.5 Å². The van der Waals surface area contributed by atoms with Crippen LogP contribution in [0.5, 0.6) is 11.5 Å². The van der Waals surface area contributed by atoms with Crippen LogP contribution in [0.3, 0.4) is 0 Å². The molecule has 34 heavy (non-hydrogen) atoms. The Labute approximate surface area is 200 Å². The number of urea groups is 1. The molecular formula is C26H33N3O5. The lowest BCUT2D eigenvalue weighted by molar-refractivity contribution is -0.134. The Kier molecular flexibility index (Phi) is 7.49. The standard InChI is InChI=1S/C26H33N3O5/c1-6-33-20-11-13-21(14-12-20)34-16-15-27-22(30)17-29-23(31)26(5,28-24(29)32)19-9-7-18(8-10-19)25(2,3)4/h7-14H,6,15-17H2,1-5H3,(H,27,30)(H,28,32). The second-order valence-electron chi connectivity index (χ2n) is 9.38. The van der Waals surface area contributed by atoms with Crippen molar-refractivity contribution in [2.45, 2.75) is 45.6 Å². The van der Waals surface area contributed by atoms with E-state index in [2.05, 4.69) is 31.4 Å². The van der Waals surface area contributed by atoms with E-state index in [1.54, 1.807) is 19.1 Å². The highest BCUT2D eigenvalue weighted by Crippen LogP contribution is 2.31. The lowest BCUT2D eigenvalue weighted by Gasteiger charge is -2.24. The summed E-state index contributed by atoms with van der Waals surface area (Å²) < 4.78 is 11.0. The predicted molar refractivity (Wildman–Crippen MR) is 129 cm³/mol. The summed E-state index contributed by atoms with van der Waals surface area (Å²) in [6, 6.07) is 14.2. The Bertz CT molecular complexity index is 1030. The van der Waals surface area contributed by atoms with Crippen molar-refractivity contribution in [3.63, 3.8) is 0 Å². The summed E-state index contributed by atoms with van der Waals surface area (Å²) in [5, 5.41) is 5.42. The number of nitrogens with zero attached hydrogens (tertiary/aromatic N) is 1. The van der Waals surface area contributed by atoms with Gasteiger partial charge in [-0.05, 0) is 54.7 Å². The summed E-state index contributed by atoms with van der Waals surface area (Å²) >= 11 is 0. The SMILES string of the molecule is CCOc1ccc(OCCNC(=O)CN2C(=O)NC(C)(c3ccc(C(C)(C)C)cc3)C2=O)cc1. The summed E-state index contributed by atoms with van der Waals surface area (Å²) in [6.45, 7) is 10.6. The van der Waals surface area contributed by atoms with Gasteiger partial charge in [-0.3, -0.25) is 14.5 Å². The van der Waals surface area contributed by atoms with Gasteiger partial charge in [-0.2, -0.15) is 0 Å². The minimum atomic E-state index is -1.22. The molecule has 2 aromatic carbocycles. The topological polar surface area (TPSA) is 97.0 Å². The number of amides is 4. The molecule has 2 aromatic rings. The number of hydrogen-bond acceptors (Lipinski definition) is 5. The van der Waals surface area contributed by atoms with Gasteiger partial charge in [0.1, 0.15) is 30.2 Å². The maximum Gasteiger partial charge on any atom is 0.325 e. The molecule has 0 saturated carbocycles. The maximum absolute atomic E-state index is 13.1. The van der Waals surface area contributed by atoms with Gasteiger partial charge < -0.3 is 20.1 Å². The zero-order valence-electron chi connectivity index (χ0n) is 20.4. The smallest absolute Gasteiger partial charge is 0.325 e. The molecule has 4 amide bonds. The minimum absolute atomic E-state index is 0.0247. The second-order valence-corrected chi connectivity index (χ2v) is 9.38. The Morgan fingerprint density at radius 1 is 1.00 bits per heavy atom. The number of benzene rings is 2. The fraction of sp³-hybridized carbons (Fsp3) is 0.423. The van der Waals surface area contributed by atoms with Crippen LogP contribution in [0.2, 0.25) is 0 Å². The zero-order valence-corrected chi connectivity index (χ0v) is 20.4. The summed E-state index contributed by atoms with van der Waals surface area (Å²) in [7, 11) is 0. The molecule has 0 radical (unpaired) electrons. The molecule has 8 heteroatoms. The molecule has 1 aliphatic rings. The Morgan fingerprint density at radius 3 is 2.15 bits per heavy atom. The van der Waals surface area contributed by atoms with Gasteiger partial charge in [-0.15, -0.1) is 0 Å². The number of nitrogens with one attached hydrogen (secondary N) is 2. The molecule has 1 saturated heterocycles. The lowest BCUT2D eigenvalue weighted by atomic mass is 9.84. The fourth-order valence-corrected chi connectivity index (χ4v) is 3.70. The number of carbonyl (C=O) groups is 3. The molecule has 2 N–H and O–H groups in total. The summed E-state index contributed by atoms with van der Waals surface area (Å²) in [5.41, 5.74) is 0.555. The molecule has 0 aromatic heterocycles. The quantitative estimate of drug-likeness (QED) is 0.436. The van der Waals surface area contributed by atoms with E-state index in [-0.39, 0.29) is 25.1 Å². The van der Waals surface area contributed by atoms with E-state index >= 15 is 0 Å². The number of hydrogen-bond donors (Lipinski definition) is 2. The van der Waals surface area contributed by atoms with Crippen LogP contribution in [0, 0.1) is 0 Å². The highest BCUT2D eigenvalue weighted by Gasteiger charge is 2.49. The first-order valence-corrected chi connectivity index (χ1v) is 11.4. The number of carbonyl (C=O) groups excluding carboxylic acids is 3. The Morgan fingerprint density at radius 2 is 1.59 bits per heavy atom. The van der Waals surface area contributed by atoms with Gasteiger partial charge in [0, 0.05) is 0 Å². The first-order chi connectivity index (χ1) is 16.0. The highest BCUT2D eigenvalue weighted by atomic mass is 16.5. The fourth-order valence-electron chi connectivity index (χ4n) is 3.70. The van der Waals surface area contributed by atoms with Crippen molar-refractivity contribution in [3.8, 4) is 11.5 Å². The molecule has 1 atom stereocenters. The van der Waals surface area contributed by atoms with E-state index in [0.717, 1.165) is 16.2 Å². The van der Waals surface area contributed by atoms with Gasteiger partial charge >= 0.3 is 6.03 Å². The molecular weight excluding hydrogens is 434 g/mol. The van der Waals surface area contributed by atoms with Crippen molar-refractivity contribution in [3.05, 3.63) is 59.7 Å². The average molecular weight is 468 g/mol. The van der Waals surface area contributed by atoms with Crippen LogP contribution in [-0.2, 0) is 20.5 Å². The van der Waals surface area contributed by atoms with Crippen LogP contribution in [-0.4, -0.2) is 49.0 Å². The predicted octanol–water partition coefficient (Wildman–Crippen LogP) is 3.35. The van der Waals surface area contributed by atoms with E-state index in [1.807, 2.05) is 43.3 Å². The zero-order chi connectivity index (χ0) is 24.9. The van der Waals surface area contributed by atoms with Crippen molar-refractivity contribution in [1.82, 2.24) is 15.5 Å². The van der Waals surface area contributed by atoms with Gasteiger partial charge in [0.2, 0.25) is 5.91 Å². The molecule has 1 heterocycles. The Balaban J connectivity index is 1.51. The summed E-state index contributed by atoms with van der Waals surface area (Å²) in [6.07, 6.45) is 0. The van der Waals surface area contributed by atoms with Crippen LogP contribution in [0.4, 0.5) is 4.79 Å². The molecule has 3 rings (SSSR count). The van der Waals surface area contributed by atoms with Crippen molar-refractivity contribution >= 4 is 17.8 Å². The number of rotatable bonds is 9. The summed E-state index contributed by atoms with van der Waals surface area (Å²) in [4.78, 5) is 38.9. The lowest BCUT2D eigenvalue weighted by Crippen LogP contribution is -2.43. The van der Waals surface area contributed by atoms with E-state index in [4.69, 9.17) is 9.47 Å². The Hall–Kier alpha value is -3.55. The molecule has 8 nitrogen and oxygen atoms in total. The highest BCUT2D eigenvalue weighted by molar-refractivity contribution is 6.09. The van der Waals surface area contributed by atoms with E-state index in [0.29, 0.717) is 17.9 Å². The largest absolute Gasteiger partial charge is 0.494 e. The van der Waals surface area contributed by atoms with Crippen LogP contribution < -0.4 is 20.1 Å². The normalized spacial score (nSPS) is 18.0. The molecule has 0 aliphatic carbocycles. The van der Waals surface area contributed by atoms with Crippen molar-refractivity contribution in [2.24, 2.45) is 0 Å². The molecule has 0 bridgehead atoms. The molecule has 1 fully saturated rings. The van der Waals surface area contributed by atoms with Gasteiger partial charge in [0.15, 0.2) is 0 Å². The van der Waals surface area contributed by atoms with E-state index in [9.17, 15) is 14.4 Å². The maximum atomic E-state index is 13.1. The van der Waals surface area contributed by atoms with E-state index in [1.165, 1.54) is 0 Å². The van der Waals surface area contributed by atoms with Crippen LogP contribution in [0.1, 0.15) is 45.7 Å². The van der Waals surface area contributed by atoms with Crippen LogP contribution in [0.25, 0.3) is 0 Å². The number of imide groups is 1. The van der Waals surface area contributed by atoms with Crippen molar-refractivity contribution in [2.75, 3.05) is 26.3 Å². The monoisotopic (exact) mass is 467 g/mol. The van der Waals surface area contributed by atoms with Gasteiger partial charge in [0.25, 0.3) is 5.91 Å². The first kappa shape index (κ1) is 25.1. The third-order valence-electron chi connectivity index (χ3n) is 5.73. The molecule has 182 valence electrons. The summed E-state index contributed by atoms with van der Waals surface area (Å²) in [5.74, 6) is 0.516. The average Bonchev–Trinajstić information content (AvgIpc) is 3.01. The van der Waals surface area contributed by atoms with Crippen molar-refractivity contribution < 1.29 is 23.9 Å². The van der Waals surface area contributed by atoms with Crippen LogP contribution >= 0.6 is 0 Å².